The number of nitrogens with two attached hydrogens (primary N) is 1. The molecule has 5 N–H and O–H groups in total. The Kier molecular flexibility index (Phi) is 6.15. The molecular formula is C14H23N3O2. The van der Waals surface area contributed by atoms with Crippen LogP contribution in [0, 0.1) is 0 Å². The smallest absolute Gasteiger partial charge is 0.253 e. The second-order valence-electron chi connectivity index (χ2n) is 4.58. The zero-order chi connectivity index (χ0) is 14.3. The van der Waals surface area contributed by atoms with Gasteiger partial charge in [0.05, 0.1) is 5.56 Å². The summed E-state index contributed by atoms with van der Waals surface area (Å²) in [6, 6.07) is 5.37. The molecule has 1 unspecified atom stereocenters. The molecule has 0 saturated carbocycles. The highest BCUT2D eigenvalue weighted by Crippen LogP contribution is 2.21. The first-order valence-corrected chi connectivity index (χ1v) is 6.63. The molecule has 1 atom stereocenters. The number of nitrogens with one attached hydrogen (secondary N) is 2. The van der Waals surface area contributed by atoms with Gasteiger partial charge in [-0.1, -0.05) is 0 Å². The first-order valence-electron chi connectivity index (χ1n) is 6.63. The van der Waals surface area contributed by atoms with Gasteiger partial charge in [-0.2, -0.15) is 0 Å². The molecule has 1 rings (SSSR count). The fourth-order valence-corrected chi connectivity index (χ4v) is 1.87. The van der Waals surface area contributed by atoms with Crippen LogP contribution in [0.2, 0.25) is 0 Å². The summed E-state index contributed by atoms with van der Waals surface area (Å²) in [5.74, 6) is -0.112. The summed E-state index contributed by atoms with van der Waals surface area (Å²) in [4.78, 5) is 11.9. The Hall–Kier alpha value is -1.75. The van der Waals surface area contributed by atoms with Gasteiger partial charge in [0.1, 0.15) is 0 Å². The minimum absolute atomic E-state index is 0.112. The Bertz CT molecular complexity index is 421. The van der Waals surface area contributed by atoms with Crippen LogP contribution in [0.5, 0.6) is 0 Å². The number of amides is 1. The van der Waals surface area contributed by atoms with Crippen molar-refractivity contribution in [2.24, 2.45) is 0 Å². The van der Waals surface area contributed by atoms with E-state index < -0.39 is 0 Å². The third-order valence-electron chi connectivity index (χ3n) is 2.82. The maximum Gasteiger partial charge on any atom is 0.253 e. The Balaban J connectivity index is 2.84. The van der Waals surface area contributed by atoms with Gasteiger partial charge in [-0.25, -0.2) is 0 Å². The number of benzene rings is 1. The van der Waals surface area contributed by atoms with Crippen molar-refractivity contribution in [2.45, 2.75) is 32.7 Å². The normalized spacial score (nSPS) is 11.9. The van der Waals surface area contributed by atoms with Crippen LogP contribution in [0.15, 0.2) is 18.2 Å². The predicted octanol–water partition coefficient (Wildman–Crippen LogP) is 1.59. The average Bonchev–Trinajstić information content (AvgIpc) is 2.36. The maximum atomic E-state index is 11.9. The Morgan fingerprint density at radius 2 is 2.21 bits per heavy atom. The second kappa shape index (κ2) is 7.63. The van der Waals surface area contributed by atoms with Gasteiger partial charge < -0.3 is 21.5 Å². The van der Waals surface area contributed by atoms with Crippen LogP contribution in [0.25, 0.3) is 0 Å². The number of hydrogen-bond donors (Lipinski definition) is 4. The molecule has 1 amide bonds. The minimum Gasteiger partial charge on any atom is -0.399 e. The van der Waals surface area contributed by atoms with Crippen molar-refractivity contribution in [2.75, 3.05) is 24.2 Å². The van der Waals surface area contributed by atoms with E-state index in [2.05, 4.69) is 10.6 Å². The summed E-state index contributed by atoms with van der Waals surface area (Å²) >= 11 is 0. The lowest BCUT2D eigenvalue weighted by molar-refractivity contribution is 0.0956. The molecule has 1 aromatic rings. The maximum absolute atomic E-state index is 11.9. The van der Waals surface area contributed by atoms with Crippen LogP contribution in [-0.4, -0.2) is 30.2 Å². The van der Waals surface area contributed by atoms with Crippen LogP contribution in [0.4, 0.5) is 11.4 Å². The molecule has 0 fully saturated rings. The van der Waals surface area contributed by atoms with Gasteiger partial charge in [-0.3, -0.25) is 4.79 Å². The summed E-state index contributed by atoms with van der Waals surface area (Å²) in [5.41, 5.74) is 7.70. The number of rotatable bonds is 7. The summed E-state index contributed by atoms with van der Waals surface area (Å²) in [6.07, 6.45) is 1.56. The molecule has 1 aromatic carbocycles. The third-order valence-corrected chi connectivity index (χ3v) is 2.82. The number of aliphatic hydroxyl groups excluding tert-OH is 1. The van der Waals surface area contributed by atoms with Crippen LogP contribution < -0.4 is 16.4 Å². The van der Waals surface area contributed by atoms with Gasteiger partial charge in [0, 0.05) is 30.6 Å². The van der Waals surface area contributed by atoms with Crippen molar-refractivity contribution in [3.05, 3.63) is 23.8 Å². The summed E-state index contributed by atoms with van der Waals surface area (Å²) in [7, 11) is 0. The number of carbonyl (C=O) groups is 1. The first kappa shape index (κ1) is 15.3. The summed E-state index contributed by atoms with van der Waals surface area (Å²) in [6.45, 7) is 4.65. The van der Waals surface area contributed by atoms with Crippen molar-refractivity contribution >= 4 is 17.3 Å². The summed E-state index contributed by atoms with van der Waals surface area (Å²) < 4.78 is 0. The monoisotopic (exact) mass is 265 g/mol. The molecule has 0 saturated heterocycles. The SMILES string of the molecule is CCNC(=O)c1ccc(N)cc1NC(C)CCCO. The lowest BCUT2D eigenvalue weighted by Crippen LogP contribution is -2.25. The molecule has 0 aliphatic carbocycles. The lowest BCUT2D eigenvalue weighted by Gasteiger charge is -2.18. The van der Waals surface area contributed by atoms with E-state index in [1.54, 1.807) is 18.2 Å². The molecule has 106 valence electrons. The Morgan fingerprint density at radius 1 is 1.47 bits per heavy atom. The van der Waals surface area contributed by atoms with E-state index in [-0.39, 0.29) is 18.6 Å². The molecule has 0 bridgehead atoms. The van der Waals surface area contributed by atoms with E-state index >= 15 is 0 Å². The largest absolute Gasteiger partial charge is 0.399 e. The van der Waals surface area contributed by atoms with Crippen molar-refractivity contribution in [3.8, 4) is 0 Å². The lowest BCUT2D eigenvalue weighted by atomic mass is 10.1. The predicted molar refractivity (Wildman–Crippen MR) is 78.3 cm³/mol. The number of hydrogen-bond acceptors (Lipinski definition) is 4. The topological polar surface area (TPSA) is 87.4 Å². The van der Waals surface area contributed by atoms with E-state index in [0.717, 1.165) is 18.5 Å². The number of aliphatic hydroxyl groups is 1. The van der Waals surface area contributed by atoms with Crippen LogP contribution >= 0.6 is 0 Å². The van der Waals surface area contributed by atoms with E-state index in [0.29, 0.717) is 17.8 Å². The number of nitrogen functional groups attached to an aromatic ring is 1. The number of anilines is 2. The van der Waals surface area contributed by atoms with Crippen LogP contribution in [-0.2, 0) is 0 Å². The standard InChI is InChI=1S/C14H23N3O2/c1-3-16-14(19)12-7-6-11(15)9-13(12)17-10(2)5-4-8-18/h6-7,9-10,17-18H,3-5,8,15H2,1-2H3,(H,16,19). The van der Waals surface area contributed by atoms with Gasteiger partial charge in [0.15, 0.2) is 0 Å². The third kappa shape index (κ3) is 4.79. The van der Waals surface area contributed by atoms with E-state index in [4.69, 9.17) is 10.8 Å². The molecular weight excluding hydrogens is 242 g/mol. The molecule has 19 heavy (non-hydrogen) atoms. The molecule has 0 aromatic heterocycles. The zero-order valence-electron chi connectivity index (χ0n) is 11.6. The molecule has 0 aliphatic heterocycles. The van der Waals surface area contributed by atoms with Crippen molar-refractivity contribution in [1.29, 1.82) is 0 Å². The highest BCUT2D eigenvalue weighted by molar-refractivity contribution is 6.00. The van der Waals surface area contributed by atoms with Crippen LogP contribution in [0.3, 0.4) is 0 Å². The molecule has 5 nitrogen and oxygen atoms in total. The molecule has 0 heterocycles. The minimum atomic E-state index is -0.112. The van der Waals surface area contributed by atoms with Gasteiger partial charge in [-0.15, -0.1) is 0 Å². The fraction of sp³-hybridized carbons (Fsp3) is 0.500. The first-order chi connectivity index (χ1) is 9.08. The second-order valence-corrected chi connectivity index (χ2v) is 4.58. The average molecular weight is 265 g/mol. The highest BCUT2D eigenvalue weighted by Gasteiger charge is 2.12. The number of carbonyl (C=O) groups excluding carboxylic acids is 1. The van der Waals surface area contributed by atoms with E-state index in [1.807, 2.05) is 13.8 Å². The van der Waals surface area contributed by atoms with Gasteiger partial charge in [-0.05, 0) is 44.9 Å². The van der Waals surface area contributed by atoms with Gasteiger partial charge in [0.2, 0.25) is 0 Å². The molecule has 0 aliphatic rings. The fourth-order valence-electron chi connectivity index (χ4n) is 1.87. The van der Waals surface area contributed by atoms with Crippen molar-refractivity contribution in [1.82, 2.24) is 5.32 Å². The quantitative estimate of drug-likeness (QED) is 0.564. The molecule has 0 radical (unpaired) electrons. The Labute approximate surface area is 114 Å². The van der Waals surface area contributed by atoms with E-state index in [9.17, 15) is 4.79 Å². The van der Waals surface area contributed by atoms with E-state index in [1.165, 1.54) is 0 Å². The van der Waals surface area contributed by atoms with Crippen molar-refractivity contribution in [3.63, 3.8) is 0 Å². The van der Waals surface area contributed by atoms with Gasteiger partial charge >= 0.3 is 0 Å². The van der Waals surface area contributed by atoms with Gasteiger partial charge in [0.25, 0.3) is 5.91 Å². The zero-order valence-corrected chi connectivity index (χ0v) is 11.6. The molecule has 5 heteroatoms. The molecule has 0 spiro atoms. The summed E-state index contributed by atoms with van der Waals surface area (Å²) in [5, 5.41) is 14.9. The van der Waals surface area contributed by atoms with Crippen molar-refractivity contribution < 1.29 is 9.90 Å². The highest BCUT2D eigenvalue weighted by atomic mass is 16.2. The Morgan fingerprint density at radius 3 is 2.84 bits per heavy atom. The van der Waals surface area contributed by atoms with Crippen LogP contribution in [0.1, 0.15) is 37.0 Å².